The molecular formula is C16H17N3O. The second-order valence-electron chi connectivity index (χ2n) is 5.04. The summed E-state index contributed by atoms with van der Waals surface area (Å²) < 4.78 is 1.78. The molecule has 0 aliphatic carbocycles. The quantitative estimate of drug-likeness (QED) is 0.909. The van der Waals surface area contributed by atoms with Crippen molar-refractivity contribution in [3.8, 4) is 0 Å². The average molecular weight is 267 g/mol. The highest BCUT2D eigenvalue weighted by molar-refractivity contribution is 5.64. The lowest BCUT2D eigenvalue weighted by Gasteiger charge is -2.25. The molecule has 0 amide bonds. The Balaban J connectivity index is 1.95. The Hall–Kier alpha value is -2.36. The molecule has 4 heteroatoms. The van der Waals surface area contributed by atoms with Crippen molar-refractivity contribution in [2.75, 3.05) is 5.32 Å². The molecule has 102 valence electrons. The van der Waals surface area contributed by atoms with Crippen LogP contribution in [-0.4, -0.2) is 9.55 Å². The van der Waals surface area contributed by atoms with Crippen molar-refractivity contribution in [2.24, 2.45) is 0 Å². The number of benzene rings is 1. The Bertz CT molecular complexity index is 688. The van der Waals surface area contributed by atoms with E-state index in [1.165, 1.54) is 6.07 Å². The highest BCUT2D eigenvalue weighted by Gasteiger charge is 2.21. The van der Waals surface area contributed by atoms with Crippen LogP contribution in [0.25, 0.3) is 5.57 Å². The summed E-state index contributed by atoms with van der Waals surface area (Å²) in [7, 11) is 0. The van der Waals surface area contributed by atoms with Gasteiger partial charge >= 0.3 is 0 Å². The Morgan fingerprint density at radius 1 is 1.30 bits per heavy atom. The molecule has 0 bridgehead atoms. The van der Waals surface area contributed by atoms with Crippen LogP contribution in [0.1, 0.15) is 31.6 Å². The summed E-state index contributed by atoms with van der Waals surface area (Å²) in [4.78, 5) is 16.3. The van der Waals surface area contributed by atoms with Crippen molar-refractivity contribution in [1.29, 1.82) is 0 Å². The number of nitrogens with zero attached hydrogens (tertiary/aromatic N) is 2. The molecule has 4 nitrogen and oxygen atoms in total. The Kier molecular flexibility index (Phi) is 3.37. The molecule has 0 saturated carbocycles. The highest BCUT2D eigenvalue weighted by atomic mass is 16.1. The second kappa shape index (κ2) is 5.33. The van der Waals surface area contributed by atoms with E-state index in [0.29, 0.717) is 0 Å². The molecule has 1 aromatic heterocycles. The summed E-state index contributed by atoms with van der Waals surface area (Å²) in [5.41, 5.74) is 2.13. The zero-order valence-electron chi connectivity index (χ0n) is 11.4. The summed E-state index contributed by atoms with van der Waals surface area (Å²) in [6.07, 6.45) is 5.43. The van der Waals surface area contributed by atoms with Crippen molar-refractivity contribution >= 4 is 11.3 Å². The van der Waals surface area contributed by atoms with Crippen LogP contribution in [0.3, 0.4) is 0 Å². The van der Waals surface area contributed by atoms with Crippen LogP contribution in [0.15, 0.2) is 53.6 Å². The van der Waals surface area contributed by atoms with Crippen molar-refractivity contribution < 1.29 is 0 Å². The number of hydrogen-bond acceptors (Lipinski definition) is 3. The standard InChI is InChI=1S/C16H17N3O/c1-12-7-8-13(11-18-14-5-3-2-4-6-14)16-17-10-9-15(20)19(12)16/h2-6,9-12,18H,7-8H2,1H3/b13-11-. The van der Waals surface area contributed by atoms with Gasteiger partial charge in [0.2, 0.25) is 0 Å². The van der Waals surface area contributed by atoms with Gasteiger partial charge in [0.25, 0.3) is 5.56 Å². The van der Waals surface area contributed by atoms with Crippen LogP contribution in [0, 0.1) is 0 Å². The number of nitrogens with one attached hydrogen (secondary N) is 1. The Morgan fingerprint density at radius 3 is 2.90 bits per heavy atom. The van der Waals surface area contributed by atoms with Gasteiger partial charge in [-0.3, -0.25) is 9.36 Å². The maximum atomic E-state index is 12.0. The number of rotatable bonds is 2. The minimum Gasteiger partial charge on any atom is -0.361 e. The molecule has 0 fully saturated rings. The second-order valence-corrected chi connectivity index (χ2v) is 5.04. The van der Waals surface area contributed by atoms with Gasteiger partial charge in [0.05, 0.1) is 0 Å². The fourth-order valence-electron chi connectivity index (χ4n) is 2.53. The maximum Gasteiger partial charge on any atom is 0.253 e. The van der Waals surface area contributed by atoms with Crippen LogP contribution < -0.4 is 10.9 Å². The van der Waals surface area contributed by atoms with E-state index in [0.717, 1.165) is 29.9 Å². The summed E-state index contributed by atoms with van der Waals surface area (Å²) in [6, 6.07) is 11.7. The lowest BCUT2D eigenvalue weighted by molar-refractivity contribution is 0.463. The van der Waals surface area contributed by atoms with Gasteiger partial charge in [-0.2, -0.15) is 0 Å². The highest BCUT2D eigenvalue weighted by Crippen LogP contribution is 2.29. The maximum absolute atomic E-state index is 12.0. The van der Waals surface area contributed by atoms with E-state index in [4.69, 9.17) is 0 Å². The molecule has 1 aliphatic rings. The van der Waals surface area contributed by atoms with Gasteiger partial charge in [-0.05, 0) is 31.9 Å². The topological polar surface area (TPSA) is 46.9 Å². The summed E-state index contributed by atoms with van der Waals surface area (Å²) in [6.45, 7) is 2.06. The van der Waals surface area contributed by atoms with E-state index < -0.39 is 0 Å². The van der Waals surface area contributed by atoms with Gasteiger partial charge in [-0.1, -0.05) is 18.2 Å². The van der Waals surface area contributed by atoms with E-state index in [1.807, 2.05) is 36.5 Å². The lowest BCUT2D eigenvalue weighted by Crippen LogP contribution is -2.29. The van der Waals surface area contributed by atoms with E-state index in [9.17, 15) is 4.79 Å². The third-order valence-corrected chi connectivity index (χ3v) is 3.63. The Labute approximate surface area is 117 Å². The largest absolute Gasteiger partial charge is 0.361 e. The van der Waals surface area contributed by atoms with Gasteiger partial charge < -0.3 is 5.32 Å². The van der Waals surface area contributed by atoms with Crippen molar-refractivity contribution in [2.45, 2.75) is 25.8 Å². The first kappa shape index (κ1) is 12.7. The molecule has 0 spiro atoms. The molecule has 2 heterocycles. The molecule has 3 rings (SSSR count). The monoisotopic (exact) mass is 267 g/mol. The van der Waals surface area contributed by atoms with Crippen molar-refractivity contribution in [3.05, 3.63) is 65.0 Å². The number of anilines is 1. The molecule has 1 unspecified atom stereocenters. The van der Waals surface area contributed by atoms with Gasteiger partial charge in [0.15, 0.2) is 0 Å². The Morgan fingerprint density at radius 2 is 2.10 bits per heavy atom. The third-order valence-electron chi connectivity index (χ3n) is 3.63. The van der Waals surface area contributed by atoms with Gasteiger partial charge in [0, 0.05) is 35.8 Å². The van der Waals surface area contributed by atoms with E-state index >= 15 is 0 Å². The molecule has 1 aromatic carbocycles. The predicted octanol–water partition coefficient (Wildman–Crippen LogP) is 3.05. The summed E-state index contributed by atoms with van der Waals surface area (Å²) >= 11 is 0. The SMILES string of the molecule is CC1CC/C(=C/Nc2ccccc2)c2nccc(=O)n21. The van der Waals surface area contributed by atoms with E-state index in [-0.39, 0.29) is 11.6 Å². The number of hydrogen-bond donors (Lipinski definition) is 1. The zero-order valence-corrected chi connectivity index (χ0v) is 11.4. The first-order valence-corrected chi connectivity index (χ1v) is 6.84. The van der Waals surface area contributed by atoms with Crippen LogP contribution in [0.2, 0.25) is 0 Å². The van der Waals surface area contributed by atoms with Crippen molar-refractivity contribution in [1.82, 2.24) is 9.55 Å². The van der Waals surface area contributed by atoms with Crippen LogP contribution >= 0.6 is 0 Å². The molecule has 0 radical (unpaired) electrons. The van der Waals surface area contributed by atoms with Crippen LogP contribution in [0.4, 0.5) is 5.69 Å². The van der Waals surface area contributed by atoms with E-state index in [1.54, 1.807) is 10.8 Å². The summed E-state index contributed by atoms with van der Waals surface area (Å²) in [5.74, 6) is 0.777. The molecule has 1 N–H and O–H groups in total. The smallest absolute Gasteiger partial charge is 0.253 e. The van der Waals surface area contributed by atoms with Gasteiger partial charge in [-0.15, -0.1) is 0 Å². The molecular weight excluding hydrogens is 250 g/mol. The lowest BCUT2D eigenvalue weighted by atomic mass is 10.0. The molecule has 2 aromatic rings. The van der Waals surface area contributed by atoms with Crippen molar-refractivity contribution in [3.63, 3.8) is 0 Å². The molecule has 1 aliphatic heterocycles. The molecule has 20 heavy (non-hydrogen) atoms. The zero-order chi connectivity index (χ0) is 13.9. The minimum absolute atomic E-state index is 0.0211. The number of allylic oxidation sites excluding steroid dienone is 1. The fourth-order valence-corrected chi connectivity index (χ4v) is 2.53. The first-order valence-electron chi connectivity index (χ1n) is 6.84. The average Bonchev–Trinajstić information content (AvgIpc) is 2.48. The van der Waals surface area contributed by atoms with Gasteiger partial charge in [0.1, 0.15) is 5.82 Å². The summed E-state index contributed by atoms with van der Waals surface area (Å²) in [5, 5.41) is 3.27. The molecule has 1 atom stereocenters. The van der Waals surface area contributed by atoms with Crippen LogP contribution in [0.5, 0.6) is 0 Å². The molecule has 0 saturated heterocycles. The fraction of sp³-hybridized carbons (Fsp3) is 0.250. The minimum atomic E-state index is 0.0211. The normalized spacial score (nSPS) is 19.6. The number of fused-ring (bicyclic) bond motifs is 1. The first-order chi connectivity index (χ1) is 9.75. The number of aromatic nitrogens is 2. The van der Waals surface area contributed by atoms with Crippen LogP contribution in [-0.2, 0) is 0 Å². The van der Waals surface area contributed by atoms with E-state index in [2.05, 4.69) is 17.2 Å². The number of para-hydroxylation sites is 1. The third kappa shape index (κ3) is 2.37. The predicted molar refractivity (Wildman–Crippen MR) is 80.5 cm³/mol. The van der Waals surface area contributed by atoms with Gasteiger partial charge in [-0.25, -0.2) is 4.98 Å².